The van der Waals surface area contributed by atoms with E-state index in [0.717, 1.165) is 38.3 Å². The highest BCUT2D eigenvalue weighted by atomic mass is 35.5. The lowest BCUT2D eigenvalue weighted by molar-refractivity contribution is -0.384. The van der Waals surface area contributed by atoms with Crippen molar-refractivity contribution in [1.82, 2.24) is 10.0 Å². The molecular formula is C32H21Cl2N3O5. The summed E-state index contributed by atoms with van der Waals surface area (Å²) >= 11 is 12.6. The summed E-state index contributed by atoms with van der Waals surface area (Å²) in [7, 11) is 0. The van der Waals surface area contributed by atoms with Crippen LogP contribution in [0.25, 0.3) is 0 Å². The van der Waals surface area contributed by atoms with Crippen LogP contribution >= 0.6 is 23.2 Å². The van der Waals surface area contributed by atoms with E-state index >= 15 is 0 Å². The Hall–Kier alpha value is -4.53. The van der Waals surface area contributed by atoms with Gasteiger partial charge >= 0.3 is 0 Å². The van der Waals surface area contributed by atoms with E-state index in [0.29, 0.717) is 10.6 Å². The lowest BCUT2D eigenvalue weighted by Gasteiger charge is -2.45. The normalized spacial score (nSPS) is 21.5. The van der Waals surface area contributed by atoms with Crippen molar-refractivity contribution in [3.63, 3.8) is 0 Å². The molecule has 4 aromatic rings. The summed E-state index contributed by atoms with van der Waals surface area (Å²) in [5, 5.41) is 14.1. The summed E-state index contributed by atoms with van der Waals surface area (Å²) in [5.41, 5.74) is 4.13. The number of hydrazine groups is 1. The summed E-state index contributed by atoms with van der Waals surface area (Å²) in [6.45, 7) is -0.232. The van der Waals surface area contributed by atoms with Crippen LogP contribution in [0.3, 0.4) is 0 Å². The fourth-order valence-electron chi connectivity index (χ4n) is 6.85. The predicted octanol–water partition coefficient (Wildman–Crippen LogP) is 6.35. The van der Waals surface area contributed by atoms with Crippen molar-refractivity contribution in [3.8, 4) is 0 Å². The number of carbonyl (C=O) groups excluding carboxylic acids is 3. The van der Waals surface area contributed by atoms with Crippen LogP contribution in [0.2, 0.25) is 10.0 Å². The highest BCUT2D eigenvalue weighted by Gasteiger charge is 2.63. The number of hydrogen-bond acceptors (Lipinski definition) is 5. The average molecular weight is 598 g/mol. The number of benzene rings is 4. The summed E-state index contributed by atoms with van der Waals surface area (Å²) in [6, 6.07) is 25.6. The van der Waals surface area contributed by atoms with Gasteiger partial charge in [0.05, 0.1) is 23.3 Å². The van der Waals surface area contributed by atoms with Gasteiger partial charge in [0.2, 0.25) is 0 Å². The van der Waals surface area contributed by atoms with Gasteiger partial charge in [-0.05, 0) is 46.0 Å². The zero-order valence-corrected chi connectivity index (χ0v) is 23.3. The Morgan fingerprint density at radius 2 is 1.33 bits per heavy atom. The summed E-state index contributed by atoms with van der Waals surface area (Å²) < 4.78 is 0. The Morgan fingerprint density at radius 1 is 0.786 bits per heavy atom. The maximum absolute atomic E-state index is 14.4. The maximum Gasteiger partial charge on any atom is 0.273 e. The molecule has 8 rings (SSSR count). The molecule has 3 amide bonds. The molecule has 1 fully saturated rings. The molecule has 0 saturated carbocycles. The minimum absolute atomic E-state index is 0.0423. The molecule has 42 heavy (non-hydrogen) atoms. The molecule has 208 valence electrons. The molecule has 0 radical (unpaired) electrons. The third kappa shape index (κ3) is 3.86. The largest absolute Gasteiger partial charge is 0.273 e. The minimum Gasteiger partial charge on any atom is -0.272 e. The first-order valence-corrected chi connectivity index (χ1v) is 14.1. The second kappa shape index (κ2) is 9.79. The molecule has 4 aromatic carbocycles. The zero-order valence-electron chi connectivity index (χ0n) is 21.8. The fourth-order valence-corrected chi connectivity index (χ4v) is 7.31. The van der Waals surface area contributed by atoms with Gasteiger partial charge in [-0.15, -0.1) is 0 Å². The van der Waals surface area contributed by atoms with Crippen LogP contribution in [0, 0.1) is 22.0 Å². The van der Waals surface area contributed by atoms with Crippen LogP contribution in [0.15, 0.2) is 91.0 Å². The zero-order chi connectivity index (χ0) is 29.3. The average Bonchev–Trinajstić information content (AvgIpc) is 3.26. The number of non-ortho nitro benzene ring substituents is 1. The topological polar surface area (TPSA) is 101 Å². The lowest BCUT2D eigenvalue weighted by atomic mass is 9.55. The number of carbonyl (C=O) groups is 3. The van der Waals surface area contributed by atoms with E-state index in [1.165, 1.54) is 24.3 Å². The molecule has 0 spiro atoms. The van der Waals surface area contributed by atoms with E-state index in [1.807, 2.05) is 48.5 Å². The Kier molecular flexibility index (Phi) is 6.15. The van der Waals surface area contributed by atoms with Crippen molar-refractivity contribution < 1.29 is 19.3 Å². The molecule has 0 N–H and O–H groups in total. The van der Waals surface area contributed by atoms with Gasteiger partial charge in [-0.1, -0.05) is 83.9 Å². The number of rotatable bonds is 5. The van der Waals surface area contributed by atoms with Crippen molar-refractivity contribution in [1.29, 1.82) is 0 Å². The smallest absolute Gasteiger partial charge is 0.272 e. The third-order valence-corrected chi connectivity index (χ3v) is 9.13. The van der Waals surface area contributed by atoms with E-state index in [4.69, 9.17) is 23.2 Å². The van der Waals surface area contributed by atoms with Gasteiger partial charge < -0.3 is 0 Å². The van der Waals surface area contributed by atoms with Crippen LogP contribution in [0.5, 0.6) is 0 Å². The van der Waals surface area contributed by atoms with Crippen LogP contribution in [-0.2, 0) is 16.1 Å². The molecule has 3 aliphatic carbocycles. The Bertz CT molecular complexity index is 1730. The molecule has 1 heterocycles. The molecule has 8 nitrogen and oxygen atoms in total. The van der Waals surface area contributed by atoms with Gasteiger partial charge in [0.15, 0.2) is 0 Å². The Morgan fingerprint density at radius 3 is 1.83 bits per heavy atom. The highest BCUT2D eigenvalue weighted by molar-refractivity contribution is 6.35. The quantitative estimate of drug-likeness (QED) is 0.151. The first-order valence-electron chi connectivity index (χ1n) is 13.3. The molecular weight excluding hydrogens is 577 g/mol. The molecule has 2 bridgehead atoms. The number of nitro groups is 1. The van der Waals surface area contributed by atoms with Crippen molar-refractivity contribution in [2.24, 2.45) is 11.8 Å². The monoisotopic (exact) mass is 597 g/mol. The predicted molar refractivity (Wildman–Crippen MR) is 155 cm³/mol. The van der Waals surface area contributed by atoms with E-state index in [2.05, 4.69) is 0 Å². The Balaban J connectivity index is 1.36. The van der Waals surface area contributed by atoms with Gasteiger partial charge in [0.25, 0.3) is 23.4 Å². The van der Waals surface area contributed by atoms with E-state index in [-0.39, 0.29) is 34.7 Å². The number of imide groups is 1. The van der Waals surface area contributed by atoms with Crippen LogP contribution in [0.4, 0.5) is 5.69 Å². The second-order valence-electron chi connectivity index (χ2n) is 10.7. The van der Waals surface area contributed by atoms with Gasteiger partial charge in [0.1, 0.15) is 0 Å². The Labute approximate surface area is 250 Å². The summed E-state index contributed by atoms with van der Waals surface area (Å²) in [5.74, 6) is -3.87. The van der Waals surface area contributed by atoms with Crippen LogP contribution in [-0.4, -0.2) is 32.7 Å². The van der Waals surface area contributed by atoms with Crippen LogP contribution in [0.1, 0.15) is 50.0 Å². The number of nitro benzene ring substituents is 1. The highest BCUT2D eigenvalue weighted by Crippen LogP contribution is 2.61. The van der Waals surface area contributed by atoms with E-state index in [1.54, 1.807) is 12.1 Å². The van der Waals surface area contributed by atoms with Gasteiger partial charge in [-0.2, -0.15) is 5.01 Å². The molecule has 10 heteroatoms. The molecule has 1 aliphatic heterocycles. The van der Waals surface area contributed by atoms with E-state index < -0.39 is 34.5 Å². The molecule has 2 atom stereocenters. The van der Waals surface area contributed by atoms with Crippen molar-refractivity contribution in [2.45, 2.75) is 18.4 Å². The fraction of sp³-hybridized carbons (Fsp3) is 0.156. The summed E-state index contributed by atoms with van der Waals surface area (Å²) in [6.07, 6.45) is 0. The maximum atomic E-state index is 14.4. The van der Waals surface area contributed by atoms with Crippen molar-refractivity contribution >= 4 is 46.6 Å². The number of amides is 3. The number of nitrogens with zero attached hydrogens (tertiary/aromatic N) is 3. The summed E-state index contributed by atoms with van der Waals surface area (Å²) in [4.78, 5) is 53.7. The standard InChI is InChI=1S/C32H21Cl2N3O5/c33-19-13-12-18(25(34)15-19)16-35(30(38)17-6-5-7-20(14-17)37(41)42)36-31(39)28-26-21-8-1-2-9-22(21)27(29(28)32(36)40)24-11-4-3-10-23(24)26/h1-15,26-29H,16H2/t26?,27?,28-,29-/m1/s1. The van der Waals surface area contributed by atoms with Crippen molar-refractivity contribution in [3.05, 3.63) is 145 Å². The SMILES string of the molecule is O=C(c1cccc([N+](=O)[O-])c1)N(Cc1ccc(Cl)cc1Cl)N1C(=O)[C@@H]2C3c4ccccc4C(c4ccccc43)[C@H]2C1=O. The van der Waals surface area contributed by atoms with Crippen molar-refractivity contribution in [2.75, 3.05) is 0 Å². The van der Waals surface area contributed by atoms with E-state index in [9.17, 15) is 24.5 Å². The lowest BCUT2D eigenvalue weighted by Crippen LogP contribution is -2.50. The molecule has 4 aliphatic rings. The van der Waals surface area contributed by atoms with Crippen LogP contribution < -0.4 is 0 Å². The molecule has 0 unspecified atom stereocenters. The van der Waals surface area contributed by atoms with Gasteiger partial charge in [0, 0.05) is 39.6 Å². The third-order valence-electron chi connectivity index (χ3n) is 8.54. The first kappa shape index (κ1) is 26.4. The molecule has 1 saturated heterocycles. The minimum atomic E-state index is -0.743. The first-order chi connectivity index (χ1) is 20.3. The molecule has 0 aromatic heterocycles. The number of halogens is 2. The van der Waals surface area contributed by atoms with Gasteiger partial charge in [-0.3, -0.25) is 24.5 Å². The van der Waals surface area contributed by atoms with Gasteiger partial charge in [-0.25, -0.2) is 5.01 Å². The second-order valence-corrected chi connectivity index (χ2v) is 11.5. The number of hydrogen-bond donors (Lipinski definition) is 0.